The van der Waals surface area contributed by atoms with E-state index in [1.165, 1.54) is 17.2 Å². The predicted octanol–water partition coefficient (Wildman–Crippen LogP) is -5.27. The molecule has 24 heavy (non-hydrogen) atoms. The van der Waals surface area contributed by atoms with Crippen molar-refractivity contribution in [3.8, 4) is 0 Å². The van der Waals surface area contributed by atoms with E-state index >= 15 is 0 Å². The summed E-state index contributed by atoms with van der Waals surface area (Å²) in [6.07, 6.45) is -1.26. The van der Waals surface area contributed by atoms with E-state index in [0.29, 0.717) is 11.2 Å². The van der Waals surface area contributed by atoms with E-state index in [-0.39, 0.29) is 47.5 Å². The van der Waals surface area contributed by atoms with Gasteiger partial charge in [-0.3, -0.25) is 9.13 Å². The Morgan fingerprint density at radius 1 is 1.42 bits per heavy atom. The number of aliphatic hydroxyl groups excluding tert-OH is 1. The zero-order valence-corrected chi connectivity index (χ0v) is 15.4. The van der Waals surface area contributed by atoms with Crippen LogP contribution in [0, 0.1) is 0 Å². The molecule has 0 radical (unpaired) electrons. The van der Waals surface area contributed by atoms with Crippen molar-refractivity contribution in [3.05, 3.63) is 12.7 Å². The molecule has 4 heterocycles. The van der Waals surface area contributed by atoms with Crippen molar-refractivity contribution >= 4 is 24.8 Å². The van der Waals surface area contributed by atoms with Gasteiger partial charge in [-0.15, -0.1) is 0 Å². The van der Waals surface area contributed by atoms with Crippen LogP contribution in [0.25, 0.3) is 11.2 Å². The fourth-order valence-corrected chi connectivity index (χ4v) is 3.56. The fraction of sp³-hybridized carbons (Fsp3) is 0.500. The van der Waals surface area contributed by atoms with Gasteiger partial charge in [-0.05, 0) is 0 Å². The third kappa shape index (κ3) is 3.10. The smallest absolute Gasteiger partial charge is 0.756 e. The van der Waals surface area contributed by atoms with E-state index in [0.717, 1.165) is 0 Å². The zero-order chi connectivity index (χ0) is 15.5. The van der Waals surface area contributed by atoms with Crippen molar-refractivity contribution in [2.24, 2.45) is 0 Å². The molecule has 4 rings (SSSR count). The molecular weight excluding hydrogens is 356 g/mol. The monoisotopic (exact) mass is 369 g/mol. The molecule has 0 spiro atoms. The molecule has 0 saturated carbocycles. The molecule has 2 aliphatic heterocycles. The number of hydrogen-bond donors (Lipinski definition) is 2. The van der Waals surface area contributed by atoms with E-state index in [2.05, 4.69) is 19.5 Å². The average Bonchev–Trinajstić information content (AvgIpc) is 3.01. The maximum Gasteiger partial charge on any atom is 1.00 e. The van der Waals surface area contributed by atoms with Crippen LogP contribution < -0.4 is 40.2 Å². The first-order valence-corrected chi connectivity index (χ1v) is 7.83. The first-order valence-electron chi connectivity index (χ1n) is 6.37. The van der Waals surface area contributed by atoms with Gasteiger partial charge in [0.05, 0.1) is 12.9 Å². The quantitative estimate of drug-likeness (QED) is 0.363. The van der Waals surface area contributed by atoms with Crippen LogP contribution in [-0.2, 0) is 18.3 Å². The fourth-order valence-electron chi connectivity index (χ4n) is 2.61. The van der Waals surface area contributed by atoms with Gasteiger partial charge >= 0.3 is 29.6 Å². The van der Waals surface area contributed by atoms with Crippen molar-refractivity contribution in [3.63, 3.8) is 0 Å². The van der Waals surface area contributed by atoms with E-state index in [9.17, 15) is 14.6 Å². The summed E-state index contributed by atoms with van der Waals surface area (Å²) in [5.41, 5.74) is 6.43. The van der Waals surface area contributed by atoms with Gasteiger partial charge in [-0.2, -0.15) is 0 Å². The first-order chi connectivity index (χ1) is 10.5. The Morgan fingerprint density at radius 3 is 2.92 bits per heavy atom. The van der Waals surface area contributed by atoms with E-state index < -0.39 is 32.4 Å². The van der Waals surface area contributed by atoms with E-state index in [1.807, 2.05) is 0 Å². The molecule has 0 amide bonds. The van der Waals surface area contributed by atoms with Crippen LogP contribution in [0.1, 0.15) is 6.23 Å². The molecule has 14 heteroatoms. The second kappa shape index (κ2) is 6.92. The van der Waals surface area contributed by atoms with Crippen molar-refractivity contribution < 1.29 is 63.4 Å². The maximum absolute atomic E-state index is 11.3. The number of nitrogens with two attached hydrogens (primary N) is 1. The summed E-state index contributed by atoms with van der Waals surface area (Å²) in [5, 5.41) is 10.3. The molecule has 126 valence electrons. The zero-order valence-electron chi connectivity index (χ0n) is 12.5. The molecule has 2 fully saturated rings. The minimum Gasteiger partial charge on any atom is -0.756 e. The maximum atomic E-state index is 11.3. The normalized spacial score (nSPS) is 35.1. The van der Waals surface area contributed by atoms with E-state index in [4.69, 9.17) is 15.0 Å². The summed E-state index contributed by atoms with van der Waals surface area (Å²) >= 11 is 0. The molecule has 0 bridgehead atoms. The van der Waals surface area contributed by atoms with Gasteiger partial charge in [-0.25, -0.2) is 15.0 Å². The number of ether oxygens (including phenoxy) is 1. The Kier molecular flexibility index (Phi) is 5.67. The molecule has 2 aromatic rings. The Morgan fingerprint density at radius 2 is 2.17 bits per heavy atom. The summed E-state index contributed by atoms with van der Waals surface area (Å²) in [5.74, 6) is 0.192. The van der Waals surface area contributed by atoms with Crippen LogP contribution in [0.3, 0.4) is 0 Å². The Labute approximate surface area is 157 Å². The first kappa shape index (κ1) is 19.7. The molecule has 2 saturated heterocycles. The van der Waals surface area contributed by atoms with Crippen LogP contribution in [-0.4, -0.2) is 55.0 Å². The molecule has 2 unspecified atom stereocenters. The number of aliphatic hydroxyl groups is 1. The number of aromatic nitrogens is 4. The van der Waals surface area contributed by atoms with Gasteiger partial charge < -0.3 is 35.0 Å². The number of nitrogen functional groups attached to an aromatic ring is 1. The van der Waals surface area contributed by atoms with Gasteiger partial charge in [0.1, 0.15) is 30.2 Å². The molecule has 0 aliphatic carbocycles. The third-order valence-electron chi connectivity index (χ3n) is 3.62. The topological polar surface area (TPSA) is 189 Å². The van der Waals surface area contributed by atoms with Crippen molar-refractivity contribution in [2.75, 3.05) is 12.3 Å². The Balaban J connectivity index is 0.00000104. The summed E-state index contributed by atoms with van der Waals surface area (Å²) in [7, 11) is -4.41. The van der Waals surface area contributed by atoms with Crippen LogP contribution in [0.5, 0.6) is 0 Å². The Bertz CT molecular complexity index is 790. The van der Waals surface area contributed by atoms with Gasteiger partial charge in [0.2, 0.25) is 0 Å². The largest absolute Gasteiger partial charge is 1.00 e. The SMILES string of the molecule is Nc1ncnc2c1ncn2[C@@H]1O[C@@H]2COP(=O)([O-])O[C@H]2C1O.O.[Na+]. The molecular formula is C10H13N5NaO7P. The molecule has 5 N–H and O–H groups in total. The van der Waals surface area contributed by atoms with Gasteiger partial charge in [0.15, 0.2) is 17.7 Å². The molecule has 12 nitrogen and oxygen atoms in total. The summed E-state index contributed by atoms with van der Waals surface area (Å²) < 4.78 is 27.8. The van der Waals surface area contributed by atoms with Crippen LogP contribution in [0.4, 0.5) is 5.82 Å². The summed E-state index contributed by atoms with van der Waals surface area (Å²) in [6, 6.07) is 0. The van der Waals surface area contributed by atoms with Crippen molar-refractivity contribution in [1.82, 2.24) is 19.5 Å². The average molecular weight is 369 g/mol. The molecule has 2 aliphatic rings. The number of hydrogen-bond acceptors (Lipinski definition) is 10. The molecule has 2 aromatic heterocycles. The minimum absolute atomic E-state index is 0. The van der Waals surface area contributed by atoms with Gasteiger partial charge in [0, 0.05) is 0 Å². The number of imidazole rings is 1. The standard InChI is InChI=1S/C10H12N5O6P.Na.H2O/c11-8-5-9(13-2-12-8)15(3-14-5)10-6(16)7-4(20-10)1-19-22(17,18)21-7;;/h2-4,6-7,10,16H,1H2,(H,17,18)(H2,11,12,13);;1H2/q;+1;/p-1/t4-,6?,7-,10-;;/m1../s1. The second-order valence-corrected chi connectivity index (χ2v) is 6.32. The predicted molar refractivity (Wildman–Crippen MR) is 71.7 cm³/mol. The number of phosphoric ester groups is 1. The molecule has 5 atom stereocenters. The van der Waals surface area contributed by atoms with Crippen molar-refractivity contribution in [2.45, 2.75) is 24.5 Å². The number of phosphoric acid groups is 1. The van der Waals surface area contributed by atoms with Gasteiger partial charge in [-0.1, -0.05) is 0 Å². The third-order valence-corrected chi connectivity index (χ3v) is 4.59. The number of rotatable bonds is 1. The second-order valence-electron chi connectivity index (χ2n) is 4.95. The minimum atomic E-state index is -4.41. The number of fused-ring (bicyclic) bond motifs is 2. The number of nitrogens with zero attached hydrogens (tertiary/aromatic N) is 4. The Hall–Kier alpha value is -0.660. The van der Waals surface area contributed by atoms with Gasteiger partial charge in [0.25, 0.3) is 7.82 Å². The summed E-state index contributed by atoms with van der Waals surface area (Å²) in [6.45, 7) is -0.219. The van der Waals surface area contributed by atoms with Crippen LogP contribution in [0.15, 0.2) is 12.7 Å². The van der Waals surface area contributed by atoms with Crippen molar-refractivity contribution in [1.29, 1.82) is 0 Å². The van der Waals surface area contributed by atoms with Crippen LogP contribution in [0.2, 0.25) is 0 Å². The summed E-state index contributed by atoms with van der Waals surface area (Å²) in [4.78, 5) is 23.3. The molecule has 0 aromatic carbocycles. The van der Waals surface area contributed by atoms with E-state index in [1.54, 1.807) is 0 Å². The number of anilines is 1. The van der Waals surface area contributed by atoms with Crippen LogP contribution >= 0.6 is 7.82 Å².